The fourth-order valence-electron chi connectivity index (χ4n) is 3.75. The van der Waals surface area contributed by atoms with Crippen LogP contribution in [0.5, 0.6) is 0 Å². The van der Waals surface area contributed by atoms with Gasteiger partial charge >= 0.3 is 0 Å². The Balaban J connectivity index is 1.30. The van der Waals surface area contributed by atoms with Gasteiger partial charge in [-0.2, -0.15) is 10.2 Å². The normalized spacial score (nSPS) is 17.5. The van der Waals surface area contributed by atoms with E-state index >= 15 is 0 Å². The molecule has 0 bridgehead atoms. The highest BCUT2D eigenvalue weighted by atomic mass is 16.1. The number of likely N-dealkylation sites (tertiary alicyclic amines) is 1. The molecule has 28 heavy (non-hydrogen) atoms. The Morgan fingerprint density at radius 1 is 1.11 bits per heavy atom. The number of amides is 1. The Bertz CT molecular complexity index is 874. The molecule has 1 aromatic carbocycles. The summed E-state index contributed by atoms with van der Waals surface area (Å²) in [4.78, 5) is 15.2. The minimum atomic E-state index is 0.0341. The van der Waals surface area contributed by atoms with E-state index < -0.39 is 0 Å². The monoisotopic (exact) mass is 378 g/mol. The van der Waals surface area contributed by atoms with Crippen molar-refractivity contribution in [1.29, 1.82) is 0 Å². The topological polar surface area (TPSA) is 68.0 Å². The summed E-state index contributed by atoms with van der Waals surface area (Å²) in [6.45, 7) is 3.81. The van der Waals surface area contributed by atoms with Gasteiger partial charge in [0.1, 0.15) is 0 Å². The average molecular weight is 378 g/mol. The maximum absolute atomic E-state index is 12.8. The van der Waals surface area contributed by atoms with Crippen LogP contribution in [-0.4, -0.2) is 50.0 Å². The van der Waals surface area contributed by atoms with Crippen LogP contribution in [0.25, 0.3) is 5.69 Å². The molecular formula is C21H26N6O. The van der Waals surface area contributed by atoms with E-state index in [1.165, 1.54) is 0 Å². The van der Waals surface area contributed by atoms with Crippen LogP contribution in [0.3, 0.4) is 0 Å². The van der Waals surface area contributed by atoms with Crippen molar-refractivity contribution >= 4 is 11.6 Å². The second kappa shape index (κ2) is 8.84. The van der Waals surface area contributed by atoms with Crippen molar-refractivity contribution in [2.45, 2.75) is 25.8 Å². The third-order valence-corrected chi connectivity index (χ3v) is 5.18. The predicted molar refractivity (Wildman–Crippen MR) is 108 cm³/mol. The summed E-state index contributed by atoms with van der Waals surface area (Å²) in [6, 6.07) is 11.6. The van der Waals surface area contributed by atoms with Gasteiger partial charge < -0.3 is 10.2 Å². The fourth-order valence-corrected chi connectivity index (χ4v) is 3.75. The number of rotatable bonds is 7. The molecule has 1 aliphatic heterocycles. The molecule has 0 radical (unpaired) electrons. The molecule has 3 heterocycles. The quantitative estimate of drug-likeness (QED) is 0.686. The van der Waals surface area contributed by atoms with Gasteiger partial charge in [-0.3, -0.25) is 9.48 Å². The Hall–Kier alpha value is -2.93. The van der Waals surface area contributed by atoms with Gasteiger partial charge in [0.2, 0.25) is 5.91 Å². The molecule has 1 atom stereocenters. The van der Waals surface area contributed by atoms with Gasteiger partial charge in [0.15, 0.2) is 0 Å². The van der Waals surface area contributed by atoms with Gasteiger partial charge in [-0.1, -0.05) is 6.07 Å². The van der Waals surface area contributed by atoms with Crippen LogP contribution >= 0.6 is 0 Å². The highest BCUT2D eigenvalue weighted by Gasteiger charge is 2.25. The number of hydrogen-bond donors (Lipinski definition) is 1. The Labute approximate surface area is 165 Å². The lowest BCUT2D eigenvalue weighted by Crippen LogP contribution is -2.41. The SMILES string of the molecule is O=C(Nc1cccc(-n2cccn2)c1)[C@H]1CCCN(CCCn2cccn2)C1. The highest BCUT2D eigenvalue weighted by molar-refractivity contribution is 5.93. The van der Waals surface area contributed by atoms with E-state index in [4.69, 9.17) is 0 Å². The van der Waals surface area contributed by atoms with Gasteiger partial charge in [0.25, 0.3) is 0 Å². The number of carbonyl (C=O) groups is 1. The summed E-state index contributed by atoms with van der Waals surface area (Å²) >= 11 is 0. The minimum absolute atomic E-state index is 0.0341. The van der Waals surface area contributed by atoms with Crippen molar-refractivity contribution in [3.8, 4) is 5.69 Å². The molecular weight excluding hydrogens is 352 g/mol. The minimum Gasteiger partial charge on any atom is -0.326 e. The van der Waals surface area contributed by atoms with Crippen molar-refractivity contribution in [3.05, 3.63) is 61.2 Å². The molecule has 1 N–H and O–H groups in total. The van der Waals surface area contributed by atoms with Crippen LogP contribution in [0.4, 0.5) is 5.69 Å². The van der Waals surface area contributed by atoms with Crippen molar-refractivity contribution in [2.24, 2.45) is 5.92 Å². The predicted octanol–water partition coefficient (Wildman–Crippen LogP) is 2.81. The number of nitrogens with one attached hydrogen (secondary N) is 1. The molecule has 4 rings (SSSR count). The Kier molecular flexibility index (Phi) is 5.82. The van der Waals surface area contributed by atoms with E-state index in [2.05, 4.69) is 20.4 Å². The van der Waals surface area contributed by atoms with Gasteiger partial charge in [0, 0.05) is 43.6 Å². The summed E-state index contributed by atoms with van der Waals surface area (Å²) in [5.74, 6) is 0.140. The third kappa shape index (κ3) is 4.67. The summed E-state index contributed by atoms with van der Waals surface area (Å²) in [6.07, 6.45) is 10.5. The summed E-state index contributed by atoms with van der Waals surface area (Å²) in [7, 11) is 0. The molecule has 7 nitrogen and oxygen atoms in total. The number of carbonyl (C=O) groups excluding carboxylic acids is 1. The lowest BCUT2D eigenvalue weighted by atomic mass is 9.97. The molecule has 2 aromatic heterocycles. The van der Waals surface area contributed by atoms with Crippen molar-refractivity contribution < 1.29 is 4.79 Å². The first-order valence-corrected chi connectivity index (χ1v) is 9.89. The van der Waals surface area contributed by atoms with E-state index in [1.807, 2.05) is 59.7 Å². The Morgan fingerprint density at radius 2 is 2.00 bits per heavy atom. The third-order valence-electron chi connectivity index (χ3n) is 5.18. The van der Waals surface area contributed by atoms with Crippen LogP contribution in [0.2, 0.25) is 0 Å². The lowest BCUT2D eigenvalue weighted by Gasteiger charge is -2.32. The van der Waals surface area contributed by atoms with E-state index in [1.54, 1.807) is 10.9 Å². The summed E-state index contributed by atoms with van der Waals surface area (Å²) < 4.78 is 3.75. The highest BCUT2D eigenvalue weighted by Crippen LogP contribution is 2.20. The van der Waals surface area contributed by atoms with Crippen LogP contribution in [0.15, 0.2) is 61.2 Å². The smallest absolute Gasteiger partial charge is 0.228 e. The number of benzene rings is 1. The fraction of sp³-hybridized carbons (Fsp3) is 0.381. The number of piperidine rings is 1. The maximum atomic E-state index is 12.8. The van der Waals surface area contributed by atoms with E-state index in [-0.39, 0.29) is 11.8 Å². The number of anilines is 1. The maximum Gasteiger partial charge on any atom is 0.228 e. The molecule has 146 valence electrons. The molecule has 0 saturated carbocycles. The number of nitrogens with zero attached hydrogens (tertiary/aromatic N) is 5. The molecule has 1 aliphatic rings. The van der Waals surface area contributed by atoms with Crippen LogP contribution < -0.4 is 5.32 Å². The average Bonchev–Trinajstić information content (AvgIpc) is 3.43. The van der Waals surface area contributed by atoms with Crippen LogP contribution in [0.1, 0.15) is 19.3 Å². The number of aryl methyl sites for hydroxylation is 1. The molecule has 0 spiro atoms. The zero-order valence-corrected chi connectivity index (χ0v) is 15.9. The van der Waals surface area contributed by atoms with Gasteiger partial charge in [-0.25, -0.2) is 4.68 Å². The van der Waals surface area contributed by atoms with Gasteiger partial charge in [-0.05, 0) is 62.7 Å². The summed E-state index contributed by atoms with van der Waals surface area (Å²) in [5, 5.41) is 11.6. The molecule has 7 heteroatoms. The Morgan fingerprint density at radius 3 is 2.82 bits per heavy atom. The molecule has 0 aliphatic carbocycles. The standard InChI is InChI=1S/C21H26N6O/c28-21(24-19-7-1-8-20(16-19)27-15-4-10-23-27)18-6-2-11-25(17-18)12-5-14-26-13-3-9-22-26/h1,3-4,7-10,13,15-16,18H,2,5-6,11-12,14,17H2,(H,24,28)/t18-/m0/s1. The van der Waals surface area contributed by atoms with Gasteiger partial charge in [-0.15, -0.1) is 0 Å². The largest absolute Gasteiger partial charge is 0.326 e. The van der Waals surface area contributed by atoms with E-state index in [9.17, 15) is 4.79 Å². The lowest BCUT2D eigenvalue weighted by molar-refractivity contribution is -0.121. The zero-order valence-electron chi connectivity index (χ0n) is 15.9. The summed E-state index contributed by atoms with van der Waals surface area (Å²) in [5.41, 5.74) is 1.75. The molecule has 3 aromatic rings. The second-order valence-corrected chi connectivity index (χ2v) is 7.25. The zero-order chi connectivity index (χ0) is 19.2. The molecule has 0 unspecified atom stereocenters. The van der Waals surface area contributed by atoms with Crippen molar-refractivity contribution in [2.75, 3.05) is 25.0 Å². The first-order valence-electron chi connectivity index (χ1n) is 9.89. The molecule has 1 amide bonds. The molecule has 1 fully saturated rings. The van der Waals surface area contributed by atoms with Crippen molar-refractivity contribution in [1.82, 2.24) is 24.5 Å². The van der Waals surface area contributed by atoms with Crippen LogP contribution in [-0.2, 0) is 11.3 Å². The molecule has 1 saturated heterocycles. The van der Waals surface area contributed by atoms with Crippen molar-refractivity contribution in [3.63, 3.8) is 0 Å². The second-order valence-electron chi connectivity index (χ2n) is 7.25. The van der Waals surface area contributed by atoms with Crippen LogP contribution in [0, 0.1) is 5.92 Å². The van der Waals surface area contributed by atoms with Gasteiger partial charge in [0.05, 0.1) is 11.6 Å². The van der Waals surface area contributed by atoms with E-state index in [0.29, 0.717) is 0 Å². The first-order chi connectivity index (χ1) is 13.8. The number of hydrogen-bond acceptors (Lipinski definition) is 4. The number of aromatic nitrogens is 4. The van der Waals surface area contributed by atoms with E-state index in [0.717, 1.165) is 56.8 Å². The first kappa shape index (κ1) is 18.4.